The molecule has 3 rings (SSSR count). The molecule has 1 amide bonds. The Kier molecular flexibility index (Phi) is 7.08. The lowest BCUT2D eigenvalue weighted by Crippen LogP contribution is -2.34. The molecule has 2 saturated heterocycles. The number of carbonyl (C=O) groups excluding carboxylic acids is 1. The Bertz CT molecular complexity index is 558. The number of likely N-dealkylation sites (tertiary alicyclic amines) is 1. The molecule has 146 valence electrons. The van der Waals surface area contributed by atoms with E-state index in [1.165, 1.54) is 18.4 Å². The van der Waals surface area contributed by atoms with Crippen LogP contribution >= 0.6 is 0 Å². The molecule has 0 aromatic carbocycles. The van der Waals surface area contributed by atoms with Gasteiger partial charge in [0.15, 0.2) is 0 Å². The Hall–Kier alpha value is -1.40. The number of hydrogen-bond acceptors (Lipinski definition) is 4. The average Bonchev–Trinajstić information content (AvgIpc) is 3.31. The van der Waals surface area contributed by atoms with E-state index in [0.717, 1.165) is 45.5 Å². The third kappa shape index (κ3) is 5.81. The molecule has 6 nitrogen and oxygen atoms in total. The molecule has 2 aliphatic heterocycles. The molecular weight excluding hydrogens is 328 g/mol. The highest BCUT2D eigenvalue weighted by Gasteiger charge is 2.21. The van der Waals surface area contributed by atoms with E-state index in [9.17, 15) is 4.79 Å². The summed E-state index contributed by atoms with van der Waals surface area (Å²) in [6.07, 6.45) is 10.6. The van der Waals surface area contributed by atoms with Crippen molar-refractivity contribution >= 4 is 5.91 Å². The van der Waals surface area contributed by atoms with Gasteiger partial charge in [-0.05, 0) is 65.0 Å². The third-order valence-electron chi connectivity index (χ3n) is 5.63. The largest absolute Gasteiger partial charge is 0.376 e. The summed E-state index contributed by atoms with van der Waals surface area (Å²) in [5, 5.41) is 7.46. The van der Waals surface area contributed by atoms with Gasteiger partial charge in [-0.25, -0.2) is 0 Å². The van der Waals surface area contributed by atoms with Crippen molar-refractivity contribution in [1.82, 2.24) is 20.0 Å². The highest BCUT2D eigenvalue weighted by molar-refractivity contribution is 5.75. The van der Waals surface area contributed by atoms with E-state index in [4.69, 9.17) is 4.74 Å². The Morgan fingerprint density at radius 1 is 1.35 bits per heavy atom. The van der Waals surface area contributed by atoms with Crippen LogP contribution in [0.3, 0.4) is 0 Å². The van der Waals surface area contributed by atoms with Crippen LogP contribution in [0.4, 0.5) is 0 Å². The first-order valence-electron chi connectivity index (χ1n) is 10.2. The van der Waals surface area contributed by atoms with E-state index in [2.05, 4.69) is 35.4 Å². The lowest BCUT2D eigenvalue weighted by atomic mass is 9.92. The maximum Gasteiger partial charge on any atom is 0.220 e. The van der Waals surface area contributed by atoms with E-state index in [0.29, 0.717) is 24.9 Å². The number of carbonyl (C=O) groups is 1. The molecule has 6 heteroatoms. The number of ether oxygens (including phenoxy) is 1. The second kappa shape index (κ2) is 9.51. The molecule has 2 fully saturated rings. The van der Waals surface area contributed by atoms with Crippen molar-refractivity contribution in [1.29, 1.82) is 0 Å². The zero-order chi connectivity index (χ0) is 18.4. The molecule has 0 saturated carbocycles. The number of nitrogens with zero attached hydrogens (tertiary/aromatic N) is 3. The van der Waals surface area contributed by atoms with Gasteiger partial charge in [-0.1, -0.05) is 0 Å². The normalized spacial score (nSPS) is 22.2. The monoisotopic (exact) mass is 362 g/mol. The van der Waals surface area contributed by atoms with Crippen molar-refractivity contribution in [2.45, 2.75) is 71.1 Å². The highest BCUT2D eigenvalue weighted by atomic mass is 16.5. The lowest BCUT2D eigenvalue weighted by Gasteiger charge is -2.31. The molecule has 1 N–H and O–H groups in total. The predicted octanol–water partition coefficient (Wildman–Crippen LogP) is 2.75. The second-order valence-corrected chi connectivity index (χ2v) is 8.12. The Morgan fingerprint density at radius 2 is 2.15 bits per heavy atom. The number of aromatic nitrogens is 2. The van der Waals surface area contributed by atoms with E-state index in [1.54, 1.807) is 0 Å². The van der Waals surface area contributed by atoms with Crippen LogP contribution in [0.1, 0.15) is 64.0 Å². The molecule has 1 aromatic rings. The number of hydrogen-bond donors (Lipinski definition) is 1. The zero-order valence-corrected chi connectivity index (χ0v) is 16.3. The lowest BCUT2D eigenvalue weighted by molar-refractivity contribution is -0.122. The minimum atomic E-state index is 0.184. The molecule has 26 heavy (non-hydrogen) atoms. The first-order valence-corrected chi connectivity index (χ1v) is 10.2. The van der Waals surface area contributed by atoms with Crippen LogP contribution in [0.2, 0.25) is 0 Å². The van der Waals surface area contributed by atoms with Crippen molar-refractivity contribution in [2.24, 2.45) is 5.92 Å². The summed E-state index contributed by atoms with van der Waals surface area (Å²) < 4.78 is 7.57. The third-order valence-corrected chi connectivity index (χ3v) is 5.63. The van der Waals surface area contributed by atoms with Crippen LogP contribution in [0.25, 0.3) is 0 Å². The van der Waals surface area contributed by atoms with Crippen molar-refractivity contribution in [3.8, 4) is 0 Å². The fourth-order valence-electron chi connectivity index (χ4n) is 3.89. The minimum Gasteiger partial charge on any atom is -0.376 e. The van der Waals surface area contributed by atoms with Gasteiger partial charge in [0, 0.05) is 43.9 Å². The molecule has 1 atom stereocenters. The summed E-state index contributed by atoms with van der Waals surface area (Å²) in [6.45, 7) is 9.06. The van der Waals surface area contributed by atoms with Gasteiger partial charge >= 0.3 is 0 Å². The molecule has 2 aliphatic rings. The average molecular weight is 363 g/mol. The highest BCUT2D eigenvalue weighted by Crippen LogP contribution is 2.23. The number of amides is 1. The van der Waals surface area contributed by atoms with Crippen LogP contribution in [-0.2, 0) is 16.1 Å². The van der Waals surface area contributed by atoms with Crippen molar-refractivity contribution in [2.75, 3.05) is 26.2 Å². The minimum absolute atomic E-state index is 0.184. The standard InChI is InChI=1S/C20H34N4O2/c1-16(2)24-15-18(12-22-24)14-23-9-7-17(8-10-23)5-6-20(25)21-13-19-4-3-11-26-19/h12,15-17,19H,3-11,13-14H2,1-2H3,(H,21,25). The SMILES string of the molecule is CC(C)n1cc(CN2CCC(CCC(=O)NCC3CCCO3)CC2)cn1. The number of nitrogens with one attached hydrogen (secondary N) is 1. The molecule has 0 spiro atoms. The fourth-order valence-corrected chi connectivity index (χ4v) is 3.89. The summed E-state index contributed by atoms with van der Waals surface area (Å²) >= 11 is 0. The summed E-state index contributed by atoms with van der Waals surface area (Å²) in [6, 6.07) is 0.417. The van der Waals surface area contributed by atoms with Crippen molar-refractivity contribution in [3.63, 3.8) is 0 Å². The van der Waals surface area contributed by atoms with Gasteiger partial charge in [-0.3, -0.25) is 14.4 Å². The van der Waals surface area contributed by atoms with Gasteiger partial charge < -0.3 is 10.1 Å². The smallest absolute Gasteiger partial charge is 0.220 e. The van der Waals surface area contributed by atoms with Crippen LogP contribution in [0, 0.1) is 5.92 Å². The van der Waals surface area contributed by atoms with Gasteiger partial charge in [0.05, 0.1) is 12.3 Å². The molecule has 1 unspecified atom stereocenters. The van der Waals surface area contributed by atoms with E-state index in [1.807, 2.05) is 10.9 Å². The Labute approximate surface area is 157 Å². The van der Waals surface area contributed by atoms with Gasteiger partial charge in [-0.15, -0.1) is 0 Å². The maximum absolute atomic E-state index is 12.0. The Balaban J connectivity index is 1.30. The molecule has 0 bridgehead atoms. The quantitative estimate of drug-likeness (QED) is 0.772. The maximum atomic E-state index is 12.0. The van der Waals surface area contributed by atoms with Crippen LogP contribution in [0.15, 0.2) is 12.4 Å². The molecule has 0 aliphatic carbocycles. The van der Waals surface area contributed by atoms with Crippen molar-refractivity contribution in [3.05, 3.63) is 18.0 Å². The number of rotatable bonds is 8. The van der Waals surface area contributed by atoms with Crippen LogP contribution in [0.5, 0.6) is 0 Å². The number of piperidine rings is 1. The molecular formula is C20H34N4O2. The van der Waals surface area contributed by atoms with E-state index in [-0.39, 0.29) is 12.0 Å². The molecule has 1 aromatic heterocycles. The van der Waals surface area contributed by atoms with Crippen LogP contribution in [-0.4, -0.2) is 52.9 Å². The topological polar surface area (TPSA) is 59.4 Å². The summed E-state index contributed by atoms with van der Waals surface area (Å²) in [5.74, 6) is 0.863. The first kappa shape index (κ1) is 19.4. The Morgan fingerprint density at radius 3 is 2.81 bits per heavy atom. The summed E-state index contributed by atoms with van der Waals surface area (Å²) in [7, 11) is 0. The zero-order valence-electron chi connectivity index (χ0n) is 16.3. The van der Waals surface area contributed by atoms with Crippen molar-refractivity contribution < 1.29 is 9.53 Å². The van der Waals surface area contributed by atoms with Gasteiger partial charge in [0.2, 0.25) is 5.91 Å². The molecule has 0 radical (unpaired) electrons. The fraction of sp³-hybridized carbons (Fsp3) is 0.800. The van der Waals surface area contributed by atoms with E-state index >= 15 is 0 Å². The van der Waals surface area contributed by atoms with Crippen LogP contribution < -0.4 is 5.32 Å². The predicted molar refractivity (Wildman–Crippen MR) is 102 cm³/mol. The van der Waals surface area contributed by atoms with E-state index < -0.39 is 0 Å². The summed E-state index contributed by atoms with van der Waals surface area (Å²) in [4.78, 5) is 14.5. The summed E-state index contributed by atoms with van der Waals surface area (Å²) in [5.41, 5.74) is 1.30. The van der Waals surface area contributed by atoms with Gasteiger partial charge in [0.1, 0.15) is 0 Å². The molecule has 3 heterocycles. The first-order chi connectivity index (χ1) is 12.6. The van der Waals surface area contributed by atoms with Gasteiger partial charge in [-0.2, -0.15) is 5.10 Å². The van der Waals surface area contributed by atoms with Gasteiger partial charge in [0.25, 0.3) is 0 Å². The second-order valence-electron chi connectivity index (χ2n) is 8.12.